The Bertz CT molecular complexity index is 763. The SMILES string of the molecule is CCN(CC)[C@@H](CNC(=O)COc1ccc(Cl)cc1)c1ccc(C(C)(C)C)cc1. The highest BCUT2D eigenvalue weighted by Crippen LogP contribution is 2.26. The number of nitrogens with one attached hydrogen (secondary N) is 1. The van der Waals surface area contributed by atoms with Crippen molar-refractivity contribution >= 4 is 17.5 Å². The van der Waals surface area contributed by atoms with E-state index in [1.807, 2.05) is 0 Å². The minimum absolute atomic E-state index is 0.0183. The third-order valence-electron chi connectivity index (χ3n) is 5.09. The van der Waals surface area contributed by atoms with Gasteiger partial charge < -0.3 is 10.1 Å². The van der Waals surface area contributed by atoms with E-state index in [9.17, 15) is 4.79 Å². The zero-order chi connectivity index (χ0) is 21.4. The highest BCUT2D eigenvalue weighted by atomic mass is 35.5. The zero-order valence-corrected chi connectivity index (χ0v) is 18.9. The predicted octanol–water partition coefficient (Wildman–Crippen LogP) is 5.22. The van der Waals surface area contributed by atoms with Gasteiger partial charge in [-0.1, -0.05) is 70.5 Å². The molecule has 2 aromatic rings. The minimum Gasteiger partial charge on any atom is -0.484 e. The topological polar surface area (TPSA) is 41.6 Å². The van der Waals surface area contributed by atoms with Gasteiger partial charge in [0.15, 0.2) is 6.61 Å². The van der Waals surface area contributed by atoms with Crippen LogP contribution < -0.4 is 10.1 Å². The second-order valence-corrected chi connectivity index (χ2v) is 8.59. The van der Waals surface area contributed by atoms with Crippen LogP contribution in [-0.4, -0.2) is 37.0 Å². The maximum atomic E-state index is 12.3. The Kier molecular flexibility index (Phi) is 8.54. The fraction of sp³-hybridized carbons (Fsp3) is 0.458. The highest BCUT2D eigenvalue weighted by Gasteiger charge is 2.20. The number of benzene rings is 2. The molecule has 0 aliphatic heterocycles. The van der Waals surface area contributed by atoms with E-state index in [1.54, 1.807) is 24.3 Å². The molecule has 2 aromatic carbocycles. The van der Waals surface area contributed by atoms with Crippen LogP contribution in [0, 0.1) is 0 Å². The standard InChI is InChI=1S/C24H33ClN2O2/c1-6-27(7-2)22(18-8-10-19(11-9-18)24(3,4)5)16-26-23(28)17-29-21-14-12-20(25)13-15-21/h8-15,22H,6-7,16-17H2,1-5H3,(H,26,28)/t22-/m0/s1. The van der Waals surface area contributed by atoms with Gasteiger partial charge >= 0.3 is 0 Å². The fourth-order valence-corrected chi connectivity index (χ4v) is 3.39. The van der Waals surface area contributed by atoms with Crippen LogP contribution in [0.25, 0.3) is 0 Å². The Morgan fingerprint density at radius 2 is 1.62 bits per heavy atom. The Morgan fingerprint density at radius 3 is 2.14 bits per heavy atom. The van der Waals surface area contributed by atoms with Crippen molar-refractivity contribution in [3.63, 3.8) is 0 Å². The summed E-state index contributed by atoms with van der Waals surface area (Å²) in [4.78, 5) is 14.7. The molecular weight excluding hydrogens is 384 g/mol. The van der Waals surface area contributed by atoms with Crippen molar-refractivity contribution in [2.24, 2.45) is 0 Å². The van der Waals surface area contributed by atoms with Gasteiger partial charge in [-0.05, 0) is 53.9 Å². The van der Waals surface area contributed by atoms with Gasteiger partial charge in [-0.25, -0.2) is 0 Å². The number of rotatable bonds is 9. The summed E-state index contributed by atoms with van der Waals surface area (Å²) in [6, 6.07) is 15.9. The van der Waals surface area contributed by atoms with E-state index in [0.29, 0.717) is 17.3 Å². The minimum atomic E-state index is -0.136. The van der Waals surface area contributed by atoms with Crippen molar-refractivity contribution in [2.45, 2.75) is 46.1 Å². The van der Waals surface area contributed by atoms with Crippen molar-refractivity contribution in [1.29, 1.82) is 0 Å². The lowest BCUT2D eigenvalue weighted by molar-refractivity contribution is -0.123. The summed E-state index contributed by atoms with van der Waals surface area (Å²) in [5.74, 6) is 0.492. The number of halogens is 1. The summed E-state index contributed by atoms with van der Waals surface area (Å²) in [6.45, 7) is 13.3. The Labute approximate surface area is 180 Å². The van der Waals surface area contributed by atoms with Crippen molar-refractivity contribution < 1.29 is 9.53 Å². The van der Waals surface area contributed by atoms with Crippen molar-refractivity contribution in [2.75, 3.05) is 26.2 Å². The average molecular weight is 417 g/mol. The summed E-state index contributed by atoms with van der Waals surface area (Å²) < 4.78 is 5.54. The predicted molar refractivity (Wildman–Crippen MR) is 121 cm³/mol. The molecule has 29 heavy (non-hydrogen) atoms. The summed E-state index contributed by atoms with van der Waals surface area (Å²) >= 11 is 5.87. The van der Waals surface area contributed by atoms with Crippen LogP contribution in [0.1, 0.15) is 51.8 Å². The molecule has 0 saturated heterocycles. The molecule has 0 aliphatic rings. The maximum absolute atomic E-state index is 12.3. The molecule has 2 rings (SSSR count). The molecular formula is C24H33ClN2O2. The molecule has 0 unspecified atom stereocenters. The first-order valence-electron chi connectivity index (χ1n) is 10.2. The number of hydrogen-bond acceptors (Lipinski definition) is 3. The molecule has 0 heterocycles. The van der Waals surface area contributed by atoms with E-state index in [2.05, 4.69) is 69.1 Å². The molecule has 1 N–H and O–H groups in total. The maximum Gasteiger partial charge on any atom is 0.258 e. The van der Waals surface area contributed by atoms with E-state index >= 15 is 0 Å². The van der Waals surface area contributed by atoms with Crippen LogP contribution in [0.3, 0.4) is 0 Å². The largest absolute Gasteiger partial charge is 0.484 e. The summed E-state index contributed by atoms with van der Waals surface area (Å²) in [7, 11) is 0. The molecule has 4 nitrogen and oxygen atoms in total. The zero-order valence-electron chi connectivity index (χ0n) is 18.2. The molecule has 1 amide bonds. The molecule has 1 atom stereocenters. The Morgan fingerprint density at radius 1 is 1.03 bits per heavy atom. The second-order valence-electron chi connectivity index (χ2n) is 8.16. The van der Waals surface area contributed by atoms with Gasteiger partial charge in [-0.3, -0.25) is 9.69 Å². The first-order chi connectivity index (χ1) is 13.7. The van der Waals surface area contributed by atoms with Gasteiger partial charge in [0.25, 0.3) is 5.91 Å². The van der Waals surface area contributed by atoms with E-state index < -0.39 is 0 Å². The smallest absolute Gasteiger partial charge is 0.258 e. The fourth-order valence-electron chi connectivity index (χ4n) is 3.27. The average Bonchev–Trinajstić information content (AvgIpc) is 2.70. The van der Waals surface area contributed by atoms with Gasteiger partial charge in [0, 0.05) is 11.6 Å². The molecule has 0 saturated carbocycles. The number of carbonyl (C=O) groups excluding carboxylic acids is 1. The third-order valence-corrected chi connectivity index (χ3v) is 5.34. The lowest BCUT2D eigenvalue weighted by atomic mass is 9.86. The van der Waals surface area contributed by atoms with Crippen LogP contribution in [0.4, 0.5) is 0 Å². The number of carbonyl (C=O) groups is 1. The molecule has 0 aliphatic carbocycles. The van der Waals surface area contributed by atoms with E-state index in [0.717, 1.165) is 13.1 Å². The monoisotopic (exact) mass is 416 g/mol. The van der Waals surface area contributed by atoms with Gasteiger partial charge in [0.1, 0.15) is 5.75 Å². The van der Waals surface area contributed by atoms with Crippen LogP contribution in [0.2, 0.25) is 5.02 Å². The summed E-state index contributed by atoms with van der Waals surface area (Å²) in [5.41, 5.74) is 2.64. The first kappa shape index (κ1) is 23.2. The van der Waals surface area contributed by atoms with Gasteiger partial charge in [-0.15, -0.1) is 0 Å². The molecule has 158 valence electrons. The van der Waals surface area contributed by atoms with E-state index in [4.69, 9.17) is 16.3 Å². The first-order valence-corrected chi connectivity index (χ1v) is 10.6. The van der Waals surface area contributed by atoms with Crippen molar-refractivity contribution in [3.05, 3.63) is 64.7 Å². The number of likely N-dealkylation sites (N-methyl/N-ethyl adjacent to an activating group) is 1. The lowest BCUT2D eigenvalue weighted by Crippen LogP contribution is -2.39. The quantitative estimate of drug-likeness (QED) is 0.609. The molecule has 0 aromatic heterocycles. The normalized spacial score (nSPS) is 12.7. The molecule has 0 bridgehead atoms. The van der Waals surface area contributed by atoms with E-state index in [-0.39, 0.29) is 24.0 Å². The lowest BCUT2D eigenvalue weighted by Gasteiger charge is -2.31. The number of amides is 1. The molecule has 0 radical (unpaired) electrons. The van der Waals surface area contributed by atoms with Crippen LogP contribution in [-0.2, 0) is 10.2 Å². The Hall–Kier alpha value is -2.04. The molecule has 5 heteroatoms. The number of ether oxygens (including phenoxy) is 1. The second kappa shape index (κ2) is 10.7. The van der Waals surface area contributed by atoms with Crippen molar-refractivity contribution in [3.8, 4) is 5.75 Å². The molecule has 0 spiro atoms. The third kappa shape index (κ3) is 7.06. The summed E-state index contributed by atoms with van der Waals surface area (Å²) in [5, 5.41) is 3.67. The van der Waals surface area contributed by atoms with Crippen LogP contribution in [0.15, 0.2) is 48.5 Å². The van der Waals surface area contributed by atoms with Crippen LogP contribution >= 0.6 is 11.6 Å². The number of hydrogen-bond donors (Lipinski definition) is 1. The van der Waals surface area contributed by atoms with Crippen molar-refractivity contribution in [1.82, 2.24) is 10.2 Å². The van der Waals surface area contributed by atoms with Crippen LogP contribution in [0.5, 0.6) is 5.75 Å². The summed E-state index contributed by atoms with van der Waals surface area (Å²) in [6.07, 6.45) is 0. The Balaban J connectivity index is 2.01. The van der Waals surface area contributed by atoms with Gasteiger partial charge in [0.2, 0.25) is 0 Å². The number of nitrogens with zero attached hydrogens (tertiary/aromatic N) is 1. The van der Waals surface area contributed by atoms with Gasteiger partial charge in [-0.2, -0.15) is 0 Å². The van der Waals surface area contributed by atoms with Gasteiger partial charge in [0.05, 0.1) is 6.04 Å². The van der Waals surface area contributed by atoms with E-state index in [1.165, 1.54) is 11.1 Å². The highest BCUT2D eigenvalue weighted by molar-refractivity contribution is 6.30. The molecule has 0 fully saturated rings.